The number of carboxylic acids is 1. The molecule has 1 amide bonds. The number of morpholine rings is 1. The smallest absolute Gasteiger partial charge is 0.328 e. The molecule has 126 valence electrons. The van der Waals surface area contributed by atoms with Gasteiger partial charge < -0.3 is 14.7 Å². The molecule has 1 N–H and O–H groups in total. The Bertz CT molecular complexity index is 789. The largest absolute Gasteiger partial charge is 0.480 e. The number of aromatic nitrogens is 2. The fourth-order valence-corrected chi connectivity index (χ4v) is 2.69. The predicted octanol–water partition coefficient (Wildman–Crippen LogP) is 1.25. The quantitative estimate of drug-likeness (QED) is 0.914. The molecule has 1 atom stereocenters. The fourth-order valence-electron chi connectivity index (χ4n) is 2.69. The summed E-state index contributed by atoms with van der Waals surface area (Å²) < 4.78 is 20.4. The maximum absolute atomic E-state index is 13.9. The van der Waals surface area contributed by atoms with Crippen molar-refractivity contribution >= 4 is 11.9 Å². The monoisotopic (exact) mass is 333 g/mol. The van der Waals surface area contributed by atoms with Crippen molar-refractivity contribution in [1.29, 1.82) is 0 Å². The summed E-state index contributed by atoms with van der Waals surface area (Å²) in [5.41, 5.74) is 0.915. The van der Waals surface area contributed by atoms with E-state index in [1.165, 1.54) is 21.8 Å². The zero-order valence-corrected chi connectivity index (χ0v) is 13.0. The van der Waals surface area contributed by atoms with E-state index < -0.39 is 23.7 Å². The first kappa shape index (κ1) is 16.1. The van der Waals surface area contributed by atoms with Gasteiger partial charge in [0, 0.05) is 6.54 Å². The standard InChI is InChI=1S/C16H16FN3O4/c1-10-11(8-18-20(10)13-5-3-2-4-12(13)17)15(21)19-6-7-24-9-14(19)16(22)23/h2-5,8,14H,6-7,9H2,1H3,(H,22,23)/t14-/m1/s1. The van der Waals surface area contributed by atoms with E-state index in [0.29, 0.717) is 5.69 Å². The number of halogens is 1. The molecule has 0 aliphatic carbocycles. The van der Waals surface area contributed by atoms with Crippen LogP contribution in [0.1, 0.15) is 16.1 Å². The normalized spacial score (nSPS) is 17.8. The molecule has 1 aliphatic rings. The summed E-state index contributed by atoms with van der Waals surface area (Å²) in [6.07, 6.45) is 1.33. The molecule has 1 aromatic heterocycles. The number of carboxylic acid groups (broad SMARTS) is 1. The van der Waals surface area contributed by atoms with Crippen molar-refractivity contribution < 1.29 is 23.8 Å². The molecular weight excluding hydrogens is 317 g/mol. The van der Waals surface area contributed by atoms with Gasteiger partial charge in [0.1, 0.15) is 11.5 Å². The summed E-state index contributed by atoms with van der Waals surface area (Å²) in [4.78, 5) is 25.3. The van der Waals surface area contributed by atoms with Gasteiger partial charge in [-0.3, -0.25) is 4.79 Å². The number of carbonyl (C=O) groups is 2. The van der Waals surface area contributed by atoms with Gasteiger partial charge in [0.2, 0.25) is 0 Å². The van der Waals surface area contributed by atoms with Crippen LogP contribution in [0.5, 0.6) is 0 Å². The van der Waals surface area contributed by atoms with Crippen molar-refractivity contribution in [2.24, 2.45) is 0 Å². The molecule has 3 rings (SSSR count). The van der Waals surface area contributed by atoms with Crippen molar-refractivity contribution in [2.45, 2.75) is 13.0 Å². The van der Waals surface area contributed by atoms with E-state index >= 15 is 0 Å². The first-order valence-electron chi connectivity index (χ1n) is 7.41. The Morgan fingerprint density at radius 2 is 2.12 bits per heavy atom. The SMILES string of the molecule is Cc1c(C(=O)N2CCOC[C@@H]2C(=O)O)cnn1-c1ccccc1F. The average Bonchev–Trinajstić information content (AvgIpc) is 2.96. The van der Waals surface area contributed by atoms with Gasteiger partial charge in [0.05, 0.1) is 30.7 Å². The summed E-state index contributed by atoms with van der Waals surface area (Å²) in [5, 5.41) is 13.3. The highest BCUT2D eigenvalue weighted by molar-refractivity contribution is 5.97. The second-order valence-corrected chi connectivity index (χ2v) is 5.43. The van der Waals surface area contributed by atoms with E-state index in [1.54, 1.807) is 25.1 Å². The molecule has 7 nitrogen and oxygen atoms in total. The first-order chi connectivity index (χ1) is 11.5. The molecule has 0 saturated carbocycles. The molecule has 1 fully saturated rings. The van der Waals surface area contributed by atoms with Crippen LogP contribution in [0.2, 0.25) is 0 Å². The summed E-state index contributed by atoms with van der Waals surface area (Å²) in [6.45, 7) is 2.04. The Labute approximate surface area is 137 Å². The van der Waals surface area contributed by atoms with Crippen LogP contribution < -0.4 is 0 Å². The Balaban J connectivity index is 1.94. The van der Waals surface area contributed by atoms with Crippen LogP contribution in [-0.2, 0) is 9.53 Å². The number of rotatable bonds is 3. The molecule has 0 radical (unpaired) electrons. The van der Waals surface area contributed by atoms with E-state index in [2.05, 4.69) is 5.10 Å². The number of hydrogen-bond donors (Lipinski definition) is 1. The van der Waals surface area contributed by atoms with Crippen LogP contribution in [-0.4, -0.2) is 57.5 Å². The molecular formula is C16H16FN3O4. The number of aliphatic carboxylic acids is 1. The molecule has 1 saturated heterocycles. The fraction of sp³-hybridized carbons (Fsp3) is 0.312. The number of para-hydroxylation sites is 1. The lowest BCUT2D eigenvalue weighted by Gasteiger charge is -2.32. The Morgan fingerprint density at radius 1 is 1.38 bits per heavy atom. The van der Waals surface area contributed by atoms with E-state index in [-0.39, 0.29) is 31.0 Å². The van der Waals surface area contributed by atoms with Crippen molar-refractivity contribution in [2.75, 3.05) is 19.8 Å². The third kappa shape index (κ3) is 2.76. The third-order valence-electron chi connectivity index (χ3n) is 4.00. The highest BCUT2D eigenvalue weighted by Gasteiger charge is 2.34. The highest BCUT2D eigenvalue weighted by Crippen LogP contribution is 2.20. The van der Waals surface area contributed by atoms with Gasteiger partial charge in [-0.15, -0.1) is 0 Å². The lowest BCUT2D eigenvalue weighted by Crippen LogP contribution is -2.52. The van der Waals surface area contributed by atoms with Crippen molar-refractivity contribution in [3.63, 3.8) is 0 Å². The molecule has 1 aromatic carbocycles. The van der Waals surface area contributed by atoms with Crippen LogP contribution in [0.15, 0.2) is 30.5 Å². The zero-order valence-electron chi connectivity index (χ0n) is 13.0. The number of hydrogen-bond acceptors (Lipinski definition) is 4. The van der Waals surface area contributed by atoms with Crippen LogP contribution in [0.4, 0.5) is 4.39 Å². The minimum Gasteiger partial charge on any atom is -0.480 e. The van der Waals surface area contributed by atoms with Crippen LogP contribution >= 0.6 is 0 Å². The Hall–Kier alpha value is -2.74. The van der Waals surface area contributed by atoms with Gasteiger partial charge in [0.25, 0.3) is 5.91 Å². The maximum Gasteiger partial charge on any atom is 0.328 e. The lowest BCUT2D eigenvalue weighted by atomic mass is 10.1. The zero-order chi connectivity index (χ0) is 17.3. The van der Waals surface area contributed by atoms with Gasteiger partial charge in [-0.05, 0) is 19.1 Å². The van der Waals surface area contributed by atoms with Gasteiger partial charge >= 0.3 is 5.97 Å². The van der Waals surface area contributed by atoms with Gasteiger partial charge in [-0.25, -0.2) is 13.9 Å². The number of benzene rings is 1. The van der Waals surface area contributed by atoms with E-state index in [1.807, 2.05) is 0 Å². The number of ether oxygens (including phenoxy) is 1. The molecule has 2 heterocycles. The number of nitrogens with zero attached hydrogens (tertiary/aromatic N) is 3. The summed E-state index contributed by atoms with van der Waals surface area (Å²) in [6, 6.07) is 5.05. The second kappa shape index (κ2) is 6.40. The number of carbonyl (C=O) groups excluding carboxylic acids is 1. The molecule has 2 aromatic rings. The third-order valence-corrected chi connectivity index (χ3v) is 4.00. The van der Waals surface area contributed by atoms with Crippen molar-refractivity contribution in [3.05, 3.63) is 47.5 Å². The van der Waals surface area contributed by atoms with Crippen molar-refractivity contribution in [1.82, 2.24) is 14.7 Å². The topological polar surface area (TPSA) is 84.7 Å². The van der Waals surface area contributed by atoms with Crippen LogP contribution in [0.25, 0.3) is 5.69 Å². The van der Waals surface area contributed by atoms with Crippen molar-refractivity contribution in [3.8, 4) is 5.69 Å². The van der Waals surface area contributed by atoms with Crippen LogP contribution in [0.3, 0.4) is 0 Å². The highest BCUT2D eigenvalue weighted by atomic mass is 19.1. The first-order valence-corrected chi connectivity index (χ1v) is 7.41. The molecule has 0 unspecified atom stereocenters. The summed E-state index contributed by atoms with van der Waals surface area (Å²) >= 11 is 0. The molecule has 1 aliphatic heterocycles. The Kier molecular flexibility index (Phi) is 4.30. The predicted molar refractivity (Wildman–Crippen MR) is 81.5 cm³/mol. The summed E-state index contributed by atoms with van der Waals surface area (Å²) in [7, 11) is 0. The summed E-state index contributed by atoms with van der Waals surface area (Å²) in [5.74, 6) is -2.04. The molecule has 0 bridgehead atoms. The number of amides is 1. The second-order valence-electron chi connectivity index (χ2n) is 5.43. The molecule has 8 heteroatoms. The molecule has 24 heavy (non-hydrogen) atoms. The van der Waals surface area contributed by atoms with Crippen LogP contribution in [0, 0.1) is 12.7 Å². The Morgan fingerprint density at radius 3 is 2.83 bits per heavy atom. The van der Waals surface area contributed by atoms with E-state index in [0.717, 1.165) is 0 Å². The minimum atomic E-state index is -1.12. The van der Waals surface area contributed by atoms with E-state index in [4.69, 9.17) is 4.74 Å². The maximum atomic E-state index is 13.9. The average molecular weight is 333 g/mol. The minimum absolute atomic E-state index is 0.0540. The van der Waals surface area contributed by atoms with Gasteiger partial charge in [0.15, 0.2) is 6.04 Å². The van der Waals surface area contributed by atoms with E-state index in [9.17, 15) is 19.1 Å². The van der Waals surface area contributed by atoms with Gasteiger partial charge in [-0.1, -0.05) is 12.1 Å². The van der Waals surface area contributed by atoms with Gasteiger partial charge in [-0.2, -0.15) is 5.10 Å². The lowest BCUT2D eigenvalue weighted by molar-refractivity contribution is -0.147. The molecule has 0 spiro atoms.